The summed E-state index contributed by atoms with van der Waals surface area (Å²) in [6, 6.07) is 0. The number of nitrogens with one attached hydrogen (secondary N) is 1. The maximum atomic E-state index is 5.39. The van der Waals surface area contributed by atoms with Gasteiger partial charge in [-0.1, -0.05) is 6.92 Å². The van der Waals surface area contributed by atoms with E-state index in [1.54, 1.807) is 18.4 Å². The van der Waals surface area contributed by atoms with Crippen molar-refractivity contribution in [3.05, 3.63) is 11.1 Å². The first kappa shape index (κ1) is 13.8. The summed E-state index contributed by atoms with van der Waals surface area (Å²) in [5.41, 5.74) is 1.16. The lowest BCUT2D eigenvalue weighted by Crippen LogP contribution is -2.36. The first-order chi connectivity index (χ1) is 8.83. The third kappa shape index (κ3) is 3.67. The molecule has 0 aromatic carbocycles. The zero-order valence-electron chi connectivity index (χ0n) is 11.3. The molecule has 0 spiro atoms. The molecule has 0 bridgehead atoms. The number of aromatic nitrogens is 1. The summed E-state index contributed by atoms with van der Waals surface area (Å²) in [6.45, 7) is 6.26. The number of hydrogen-bond donors (Lipinski definition) is 1. The van der Waals surface area contributed by atoms with Gasteiger partial charge in [0, 0.05) is 32.1 Å². The van der Waals surface area contributed by atoms with Crippen LogP contribution in [0, 0.1) is 0 Å². The normalized spacial score (nSPS) is 17.3. The molecule has 0 amide bonds. The molecule has 1 aromatic heterocycles. The fraction of sp³-hybridized carbons (Fsp3) is 0.769. The monoisotopic (exact) mass is 269 g/mol. The van der Waals surface area contributed by atoms with Crippen LogP contribution in [-0.2, 0) is 11.3 Å². The smallest absolute Gasteiger partial charge is 0.185 e. The number of ether oxygens (including phenoxy) is 1. The zero-order chi connectivity index (χ0) is 12.8. The molecule has 18 heavy (non-hydrogen) atoms. The van der Waals surface area contributed by atoms with E-state index in [1.165, 1.54) is 6.42 Å². The first-order valence-electron chi connectivity index (χ1n) is 6.76. The van der Waals surface area contributed by atoms with Crippen molar-refractivity contribution in [1.29, 1.82) is 0 Å². The number of piperidine rings is 1. The Bertz CT molecular complexity index is 348. The molecule has 4 nitrogen and oxygen atoms in total. The number of hydrogen-bond acceptors (Lipinski definition) is 5. The van der Waals surface area contributed by atoms with E-state index in [1.807, 2.05) is 0 Å². The Morgan fingerprint density at radius 3 is 2.94 bits per heavy atom. The predicted molar refractivity (Wildman–Crippen MR) is 76.4 cm³/mol. The van der Waals surface area contributed by atoms with Gasteiger partial charge in [-0.25, -0.2) is 4.98 Å². The van der Waals surface area contributed by atoms with Crippen molar-refractivity contribution in [1.82, 2.24) is 10.3 Å². The molecule has 102 valence electrons. The SMILES string of the molecule is CCCNCc1csc(N2CCC(OC)CC2)n1. The summed E-state index contributed by atoms with van der Waals surface area (Å²) >= 11 is 1.76. The lowest BCUT2D eigenvalue weighted by molar-refractivity contribution is 0.0819. The Labute approximate surface area is 113 Å². The second-order valence-electron chi connectivity index (χ2n) is 4.72. The van der Waals surface area contributed by atoms with Crippen molar-refractivity contribution in [3.63, 3.8) is 0 Å². The molecule has 0 radical (unpaired) electrons. The van der Waals surface area contributed by atoms with Crippen LogP contribution in [-0.4, -0.2) is 37.8 Å². The van der Waals surface area contributed by atoms with Crippen molar-refractivity contribution >= 4 is 16.5 Å². The van der Waals surface area contributed by atoms with Crippen LogP contribution in [0.15, 0.2) is 5.38 Å². The van der Waals surface area contributed by atoms with Gasteiger partial charge in [-0.3, -0.25) is 0 Å². The highest BCUT2D eigenvalue weighted by Crippen LogP contribution is 2.24. The molecule has 2 heterocycles. The van der Waals surface area contributed by atoms with Gasteiger partial charge in [-0.2, -0.15) is 0 Å². The molecule has 1 aliphatic rings. The van der Waals surface area contributed by atoms with Crippen LogP contribution in [0.4, 0.5) is 5.13 Å². The molecule has 0 unspecified atom stereocenters. The highest BCUT2D eigenvalue weighted by molar-refractivity contribution is 7.13. The van der Waals surface area contributed by atoms with Crippen LogP contribution >= 0.6 is 11.3 Å². The molecule has 0 aliphatic carbocycles. The standard InChI is InChI=1S/C13H23N3OS/c1-3-6-14-9-11-10-18-13(15-11)16-7-4-12(17-2)5-8-16/h10,12,14H,3-9H2,1-2H3. The minimum Gasteiger partial charge on any atom is -0.381 e. The highest BCUT2D eigenvalue weighted by atomic mass is 32.1. The highest BCUT2D eigenvalue weighted by Gasteiger charge is 2.20. The second kappa shape index (κ2) is 7.07. The molecular weight excluding hydrogens is 246 g/mol. The van der Waals surface area contributed by atoms with Crippen molar-refractivity contribution in [2.75, 3.05) is 31.6 Å². The second-order valence-corrected chi connectivity index (χ2v) is 5.56. The van der Waals surface area contributed by atoms with Gasteiger partial charge in [0.25, 0.3) is 0 Å². The predicted octanol–water partition coefficient (Wildman–Crippen LogP) is 2.26. The van der Waals surface area contributed by atoms with Gasteiger partial charge in [-0.05, 0) is 25.8 Å². The van der Waals surface area contributed by atoms with Crippen molar-refractivity contribution in [2.45, 2.75) is 38.8 Å². The summed E-state index contributed by atoms with van der Waals surface area (Å²) in [6.07, 6.45) is 3.83. The van der Waals surface area contributed by atoms with Crippen molar-refractivity contribution in [3.8, 4) is 0 Å². The Kier molecular flexibility index (Phi) is 5.41. The number of thiazole rings is 1. The van der Waals surface area contributed by atoms with Crippen molar-refractivity contribution in [2.24, 2.45) is 0 Å². The molecule has 1 fully saturated rings. The zero-order valence-corrected chi connectivity index (χ0v) is 12.1. The van der Waals surface area contributed by atoms with E-state index in [4.69, 9.17) is 9.72 Å². The third-order valence-corrected chi connectivity index (χ3v) is 4.27. The number of anilines is 1. The van der Waals surface area contributed by atoms with Crippen LogP contribution in [0.5, 0.6) is 0 Å². The van der Waals surface area contributed by atoms with Crippen molar-refractivity contribution < 1.29 is 4.74 Å². The molecule has 1 saturated heterocycles. The fourth-order valence-electron chi connectivity index (χ4n) is 2.20. The van der Waals surface area contributed by atoms with Crippen LogP contribution in [0.1, 0.15) is 31.9 Å². The summed E-state index contributed by atoms with van der Waals surface area (Å²) in [5.74, 6) is 0. The number of methoxy groups -OCH3 is 1. The van der Waals surface area contributed by atoms with Gasteiger partial charge in [0.1, 0.15) is 0 Å². The summed E-state index contributed by atoms with van der Waals surface area (Å²) in [7, 11) is 1.81. The van der Waals surface area contributed by atoms with E-state index in [9.17, 15) is 0 Å². The molecule has 1 aromatic rings. The van der Waals surface area contributed by atoms with Gasteiger partial charge in [0.05, 0.1) is 11.8 Å². The quantitative estimate of drug-likeness (QED) is 0.804. The van der Waals surface area contributed by atoms with Gasteiger partial charge in [0.15, 0.2) is 5.13 Å². The van der Waals surface area contributed by atoms with Crippen LogP contribution in [0.3, 0.4) is 0 Å². The van der Waals surface area contributed by atoms with Gasteiger partial charge in [-0.15, -0.1) is 11.3 Å². The fourth-order valence-corrected chi connectivity index (χ4v) is 3.08. The molecule has 0 atom stereocenters. The molecular formula is C13H23N3OS. The van der Waals surface area contributed by atoms with Crippen LogP contribution in [0.2, 0.25) is 0 Å². The Hall–Kier alpha value is -0.650. The lowest BCUT2D eigenvalue weighted by atomic mass is 10.1. The summed E-state index contributed by atoms with van der Waals surface area (Å²) < 4.78 is 5.39. The van der Waals surface area contributed by atoms with Gasteiger partial charge in [0.2, 0.25) is 0 Å². The Morgan fingerprint density at radius 2 is 2.28 bits per heavy atom. The third-order valence-electron chi connectivity index (χ3n) is 3.32. The average molecular weight is 269 g/mol. The van der Waals surface area contributed by atoms with E-state index >= 15 is 0 Å². The minimum absolute atomic E-state index is 0.437. The molecule has 5 heteroatoms. The molecule has 1 aliphatic heterocycles. The first-order valence-corrected chi connectivity index (χ1v) is 7.64. The van der Waals surface area contributed by atoms with E-state index in [0.717, 1.165) is 49.8 Å². The Balaban J connectivity index is 1.82. The Morgan fingerprint density at radius 1 is 1.50 bits per heavy atom. The number of nitrogens with zero attached hydrogens (tertiary/aromatic N) is 2. The van der Waals surface area contributed by atoms with Crippen LogP contribution < -0.4 is 10.2 Å². The lowest BCUT2D eigenvalue weighted by Gasteiger charge is -2.30. The van der Waals surface area contributed by atoms with Crippen LogP contribution in [0.25, 0.3) is 0 Å². The molecule has 0 saturated carbocycles. The maximum absolute atomic E-state index is 5.39. The molecule has 2 rings (SSSR count). The topological polar surface area (TPSA) is 37.4 Å². The van der Waals surface area contributed by atoms with E-state index in [0.29, 0.717) is 6.10 Å². The van der Waals surface area contributed by atoms with Gasteiger partial charge < -0.3 is 15.0 Å². The van der Waals surface area contributed by atoms with E-state index in [-0.39, 0.29) is 0 Å². The molecule has 1 N–H and O–H groups in total. The summed E-state index contributed by atoms with van der Waals surface area (Å²) in [5, 5.41) is 6.72. The number of rotatable bonds is 6. The average Bonchev–Trinajstić information content (AvgIpc) is 2.88. The van der Waals surface area contributed by atoms with E-state index in [2.05, 4.69) is 22.5 Å². The summed E-state index contributed by atoms with van der Waals surface area (Å²) in [4.78, 5) is 7.08. The minimum atomic E-state index is 0.437. The largest absolute Gasteiger partial charge is 0.381 e. The van der Waals surface area contributed by atoms with E-state index < -0.39 is 0 Å². The maximum Gasteiger partial charge on any atom is 0.185 e. The van der Waals surface area contributed by atoms with Gasteiger partial charge >= 0.3 is 0 Å².